The zero-order valence-corrected chi connectivity index (χ0v) is 12.7. The normalized spacial score (nSPS) is 12.0. The van der Waals surface area contributed by atoms with Crippen LogP contribution < -0.4 is 0 Å². The van der Waals surface area contributed by atoms with Gasteiger partial charge in [-0.2, -0.15) is 0 Å². The van der Waals surface area contributed by atoms with Crippen molar-refractivity contribution in [2.24, 2.45) is 0 Å². The van der Waals surface area contributed by atoms with Gasteiger partial charge in [-0.25, -0.2) is 0 Å². The monoisotopic (exact) mass is 246 g/mol. The first-order valence-electron chi connectivity index (χ1n) is 7.02. The molecule has 0 unspecified atom stereocenters. The summed E-state index contributed by atoms with van der Waals surface area (Å²) in [6, 6.07) is 0. The van der Waals surface area contributed by atoms with Crippen molar-refractivity contribution < 1.29 is 4.48 Å². The van der Waals surface area contributed by atoms with E-state index in [1.165, 1.54) is 67.6 Å². The quantitative estimate of drug-likeness (QED) is 0.293. The Balaban J connectivity index is 3.35. The van der Waals surface area contributed by atoms with Crippen molar-refractivity contribution >= 4 is 11.8 Å². The molecule has 0 saturated carbocycles. The summed E-state index contributed by atoms with van der Waals surface area (Å²) < 4.78 is 1.19. The Morgan fingerprint density at radius 1 is 0.812 bits per heavy atom. The summed E-state index contributed by atoms with van der Waals surface area (Å²) in [5, 5.41) is 0. The molecule has 98 valence electrons. The first kappa shape index (κ1) is 16.3. The molecule has 0 spiro atoms. The van der Waals surface area contributed by atoms with E-state index in [0.717, 1.165) is 0 Å². The van der Waals surface area contributed by atoms with Gasteiger partial charge < -0.3 is 4.48 Å². The highest BCUT2D eigenvalue weighted by Gasteiger charge is 2.13. The molecule has 0 radical (unpaired) electrons. The number of nitrogens with zero attached hydrogens (tertiary/aromatic N) is 1. The lowest BCUT2D eigenvalue weighted by Gasteiger charge is -2.29. The molecule has 0 heterocycles. The van der Waals surface area contributed by atoms with Crippen LogP contribution in [0.2, 0.25) is 0 Å². The second-order valence-electron chi connectivity index (χ2n) is 5.46. The second-order valence-corrected chi connectivity index (χ2v) is 6.54. The smallest absolute Gasteiger partial charge is 0.125 e. The Morgan fingerprint density at radius 3 is 2.06 bits per heavy atom. The van der Waals surface area contributed by atoms with Gasteiger partial charge in [-0.3, -0.25) is 0 Å². The zero-order chi connectivity index (χ0) is 12.3. The highest BCUT2D eigenvalue weighted by molar-refractivity contribution is 7.99. The Bertz CT molecular complexity index is 146. The predicted molar refractivity (Wildman–Crippen MR) is 78.0 cm³/mol. The third-order valence-electron chi connectivity index (χ3n) is 2.91. The molecule has 0 aromatic carbocycles. The number of rotatable bonds is 11. The van der Waals surface area contributed by atoms with Gasteiger partial charge in [-0.1, -0.05) is 39.5 Å². The third kappa shape index (κ3) is 10.8. The van der Waals surface area contributed by atoms with Crippen molar-refractivity contribution in [2.45, 2.75) is 58.8 Å². The minimum absolute atomic E-state index is 1.19. The highest BCUT2D eigenvalue weighted by Crippen LogP contribution is 2.13. The van der Waals surface area contributed by atoms with Gasteiger partial charge in [-0.05, 0) is 25.0 Å². The number of unbranched alkanes of at least 4 members (excludes halogenated alkanes) is 5. The lowest BCUT2D eigenvalue weighted by Crippen LogP contribution is -2.40. The minimum atomic E-state index is 1.19. The van der Waals surface area contributed by atoms with Gasteiger partial charge in [0.1, 0.15) is 5.88 Å². The van der Waals surface area contributed by atoms with E-state index >= 15 is 0 Å². The fraction of sp³-hybridized carbons (Fsp3) is 1.00. The van der Waals surface area contributed by atoms with E-state index in [1.807, 2.05) is 0 Å². The van der Waals surface area contributed by atoms with Crippen molar-refractivity contribution in [1.29, 1.82) is 0 Å². The molecule has 0 rings (SSSR count). The summed E-state index contributed by atoms with van der Waals surface area (Å²) in [6.45, 7) is 5.90. The van der Waals surface area contributed by atoms with Gasteiger partial charge in [0, 0.05) is 0 Å². The topological polar surface area (TPSA) is 0 Å². The van der Waals surface area contributed by atoms with Crippen LogP contribution in [0.1, 0.15) is 58.8 Å². The lowest BCUT2D eigenvalue weighted by molar-refractivity contribution is -0.877. The SMILES string of the molecule is CCCCCCCC[N+](C)(C)CSCCC. The average molecular weight is 246 g/mol. The van der Waals surface area contributed by atoms with Crippen LogP contribution in [0.15, 0.2) is 0 Å². The molecule has 0 aromatic rings. The van der Waals surface area contributed by atoms with E-state index in [2.05, 4.69) is 39.7 Å². The van der Waals surface area contributed by atoms with Crippen LogP contribution in [-0.2, 0) is 0 Å². The summed E-state index contributed by atoms with van der Waals surface area (Å²) in [4.78, 5) is 0. The van der Waals surface area contributed by atoms with Crippen molar-refractivity contribution in [3.63, 3.8) is 0 Å². The number of hydrogen-bond acceptors (Lipinski definition) is 1. The van der Waals surface area contributed by atoms with E-state index in [0.29, 0.717) is 0 Å². The molecular formula is C14H32NS+. The third-order valence-corrected chi connectivity index (χ3v) is 4.48. The van der Waals surface area contributed by atoms with Crippen LogP contribution >= 0.6 is 11.8 Å². The summed E-state index contributed by atoms with van der Waals surface area (Å²) in [5.41, 5.74) is 0. The van der Waals surface area contributed by atoms with Crippen LogP contribution in [0, 0.1) is 0 Å². The Morgan fingerprint density at radius 2 is 1.44 bits per heavy atom. The van der Waals surface area contributed by atoms with Crippen molar-refractivity contribution in [1.82, 2.24) is 0 Å². The van der Waals surface area contributed by atoms with Gasteiger partial charge in [0.05, 0.1) is 20.6 Å². The Kier molecular flexibility index (Phi) is 10.7. The van der Waals surface area contributed by atoms with Crippen molar-refractivity contribution in [3.8, 4) is 0 Å². The second kappa shape index (κ2) is 10.5. The Hall–Kier alpha value is 0.310. The van der Waals surface area contributed by atoms with Crippen molar-refractivity contribution in [3.05, 3.63) is 0 Å². The first-order chi connectivity index (χ1) is 7.62. The van der Waals surface area contributed by atoms with Crippen LogP contribution in [-0.4, -0.2) is 36.8 Å². The molecule has 0 fully saturated rings. The van der Waals surface area contributed by atoms with Crippen molar-refractivity contribution in [2.75, 3.05) is 32.3 Å². The summed E-state index contributed by atoms with van der Waals surface area (Å²) in [7, 11) is 4.74. The number of thioether (sulfide) groups is 1. The van der Waals surface area contributed by atoms with Crippen LogP contribution in [0.25, 0.3) is 0 Å². The molecule has 0 aliphatic carbocycles. The maximum atomic E-state index is 2.37. The molecule has 0 saturated heterocycles. The van der Waals surface area contributed by atoms with E-state index in [1.54, 1.807) is 0 Å². The van der Waals surface area contributed by atoms with Crippen LogP contribution in [0.4, 0.5) is 0 Å². The zero-order valence-electron chi connectivity index (χ0n) is 11.9. The molecule has 16 heavy (non-hydrogen) atoms. The van der Waals surface area contributed by atoms with Gasteiger partial charge in [0.25, 0.3) is 0 Å². The Labute approximate surface area is 108 Å². The lowest BCUT2D eigenvalue weighted by atomic mass is 10.1. The largest absolute Gasteiger partial charge is 0.320 e. The molecule has 0 atom stereocenters. The average Bonchev–Trinajstić information content (AvgIpc) is 2.23. The van der Waals surface area contributed by atoms with E-state index in [9.17, 15) is 0 Å². The summed E-state index contributed by atoms with van der Waals surface area (Å²) in [5.74, 6) is 2.60. The maximum absolute atomic E-state index is 2.37. The fourth-order valence-corrected chi connectivity index (χ4v) is 2.88. The van der Waals surface area contributed by atoms with Gasteiger partial charge >= 0.3 is 0 Å². The van der Waals surface area contributed by atoms with Gasteiger partial charge in [0.15, 0.2) is 0 Å². The van der Waals surface area contributed by atoms with E-state index in [-0.39, 0.29) is 0 Å². The molecule has 0 bridgehead atoms. The molecular weight excluding hydrogens is 214 g/mol. The molecule has 0 aliphatic heterocycles. The van der Waals surface area contributed by atoms with E-state index < -0.39 is 0 Å². The summed E-state index contributed by atoms with van der Waals surface area (Å²) in [6.07, 6.45) is 9.80. The van der Waals surface area contributed by atoms with Gasteiger partial charge in [0.2, 0.25) is 0 Å². The number of quaternary nitrogens is 1. The summed E-state index contributed by atoms with van der Waals surface area (Å²) >= 11 is 2.10. The standard InChI is InChI=1S/C14H32NS/c1-5-7-8-9-10-11-12-15(3,4)14-16-13-6-2/h5-14H2,1-4H3/q+1. The van der Waals surface area contributed by atoms with Gasteiger partial charge in [-0.15, -0.1) is 11.8 Å². The van der Waals surface area contributed by atoms with Crippen LogP contribution in [0.5, 0.6) is 0 Å². The fourth-order valence-electron chi connectivity index (χ4n) is 1.84. The molecule has 0 aliphatic rings. The minimum Gasteiger partial charge on any atom is -0.320 e. The molecule has 2 heteroatoms. The predicted octanol–water partition coefficient (Wildman–Crippen LogP) is 4.52. The van der Waals surface area contributed by atoms with Crippen LogP contribution in [0.3, 0.4) is 0 Å². The number of hydrogen-bond donors (Lipinski definition) is 0. The molecule has 1 nitrogen and oxygen atoms in total. The van der Waals surface area contributed by atoms with E-state index in [4.69, 9.17) is 0 Å². The first-order valence-corrected chi connectivity index (χ1v) is 8.17. The molecule has 0 amide bonds. The highest BCUT2D eigenvalue weighted by atomic mass is 32.2. The maximum Gasteiger partial charge on any atom is 0.125 e. The molecule has 0 N–H and O–H groups in total. The molecule has 0 aromatic heterocycles.